The van der Waals surface area contributed by atoms with Crippen LogP contribution in [0.25, 0.3) is 0 Å². The predicted molar refractivity (Wildman–Crippen MR) is 58.3 cm³/mol. The number of hydrogen-bond acceptors (Lipinski definition) is 5. The summed E-state index contributed by atoms with van der Waals surface area (Å²) in [5.74, 6) is 0. The summed E-state index contributed by atoms with van der Waals surface area (Å²) in [6.07, 6.45) is 0.507. The second kappa shape index (κ2) is 7.19. The fourth-order valence-corrected chi connectivity index (χ4v) is 1.15. The summed E-state index contributed by atoms with van der Waals surface area (Å²) in [5.41, 5.74) is 0. The van der Waals surface area contributed by atoms with Gasteiger partial charge >= 0.3 is 0 Å². The summed E-state index contributed by atoms with van der Waals surface area (Å²) in [7, 11) is 0. The minimum atomic E-state index is -0.375. The molecule has 2 heterocycles. The van der Waals surface area contributed by atoms with Crippen LogP contribution in [0.2, 0.25) is 0 Å². The highest BCUT2D eigenvalue weighted by Gasteiger charge is 2.26. The maximum Gasteiger partial charge on any atom is 0.104 e. The molecule has 2 aliphatic heterocycles. The van der Waals surface area contributed by atoms with Gasteiger partial charge in [-0.1, -0.05) is 0 Å². The Labute approximate surface area is 96.3 Å². The Hall–Kier alpha value is -0.200. The van der Waals surface area contributed by atoms with Crippen LogP contribution in [0.1, 0.15) is 20.3 Å². The van der Waals surface area contributed by atoms with Crippen LogP contribution in [0.5, 0.6) is 0 Å². The molecule has 16 heavy (non-hydrogen) atoms. The van der Waals surface area contributed by atoms with E-state index in [1.807, 2.05) is 0 Å². The van der Waals surface area contributed by atoms with Gasteiger partial charge < -0.3 is 24.4 Å². The first-order chi connectivity index (χ1) is 7.58. The van der Waals surface area contributed by atoms with Crippen LogP contribution >= 0.6 is 0 Å². The Kier molecular flexibility index (Phi) is 6.23. The standard InChI is InChI=1S/C6H10O3.C5H12O2/c1(5-3-8-5)7-2-6-4-9-6;1-4(6)3-5(2)7/h5-6H,1-4H2;4-7H,3H2,1-2H3. The average Bonchev–Trinajstić information content (AvgIpc) is 2.96. The molecule has 2 N–H and O–H groups in total. The van der Waals surface area contributed by atoms with E-state index in [0.29, 0.717) is 18.6 Å². The van der Waals surface area contributed by atoms with Gasteiger partial charge in [0.1, 0.15) is 12.2 Å². The molecule has 4 atom stereocenters. The minimum absolute atomic E-state index is 0.375. The van der Waals surface area contributed by atoms with Crippen LogP contribution in [-0.2, 0) is 14.2 Å². The molecule has 0 spiro atoms. The van der Waals surface area contributed by atoms with Crippen LogP contribution in [0.15, 0.2) is 0 Å². The van der Waals surface area contributed by atoms with Crippen molar-refractivity contribution in [3.8, 4) is 0 Å². The number of epoxide rings is 2. The summed E-state index contributed by atoms with van der Waals surface area (Å²) in [4.78, 5) is 0. The second-order valence-electron chi connectivity index (χ2n) is 4.38. The first kappa shape index (κ1) is 13.9. The molecule has 4 unspecified atom stereocenters. The molecule has 2 saturated heterocycles. The predicted octanol–water partition coefficient (Wildman–Crippen LogP) is -0.0613. The third-order valence-corrected chi connectivity index (χ3v) is 2.09. The van der Waals surface area contributed by atoms with E-state index in [4.69, 9.17) is 24.4 Å². The molecule has 5 nitrogen and oxygen atoms in total. The van der Waals surface area contributed by atoms with Gasteiger partial charge in [-0.3, -0.25) is 0 Å². The number of hydrogen-bond donors (Lipinski definition) is 2. The van der Waals surface area contributed by atoms with Crippen LogP contribution in [-0.4, -0.2) is 61.1 Å². The number of aliphatic hydroxyl groups is 2. The van der Waals surface area contributed by atoms with Crippen molar-refractivity contribution in [1.29, 1.82) is 0 Å². The van der Waals surface area contributed by atoms with Crippen LogP contribution in [0, 0.1) is 0 Å². The van der Waals surface area contributed by atoms with Crippen molar-refractivity contribution in [2.24, 2.45) is 0 Å². The lowest BCUT2D eigenvalue weighted by atomic mass is 10.2. The molecular weight excluding hydrogens is 212 g/mol. The summed E-state index contributed by atoms with van der Waals surface area (Å²) < 4.78 is 15.1. The van der Waals surface area contributed by atoms with E-state index in [0.717, 1.165) is 26.4 Å². The maximum absolute atomic E-state index is 8.56. The molecule has 2 fully saturated rings. The highest BCUT2D eigenvalue weighted by Crippen LogP contribution is 2.12. The van der Waals surface area contributed by atoms with Gasteiger partial charge in [0, 0.05) is 0 Å². The van der Waals surface area contributed by atoms with E-state index < -0.39 is 0 Å². The highest BCUT2D eigenvalue weighted by atomic mass is 16.6. The van der Waals surface area contributed by atoms with Crippen LogP contribution in [0.4, 0.5) is 0 Å². The average molecular weight is 234 g/mol. The molecule has 0 radical (unpaired) electrons. The fourth-order valence-electron chi connectivity index (χ4n) is 1.15. The zero-order valence-corrected chi connectivity index (χ0v) is 9.96. The summed E-state index contributed by atoms with van der Waals surface area (Å²) in [5, 5.41) is 17.1. The molecular formula is C11H22O5. The van der Waals surface area contributed by atoms with Crippen molar-refractivity contribution < 1.29 is 24.4 Å². The number of ether oxygens (including phenoxy) is 3. The van der Waals surface area contributed by atoms with Gasteiger partial charge in [-0.05, 0) is 20.3 Å². The molecule has 2 aliphatic rings. The lowest BCUT2D eigenvalue weighted by molar-refractivity contribution is 0.102. The van der Waals surface area contributed by atoms with Crippen molar-refractivity contribution in [3.63, 3.8) is 0 Å². The lowest BCUT2D eigenvalue weighted by Gasteiger charge is -2.04. The Morgan fingerprint density at radius 3 is 1.62 bits per heavy atom. The van der Waals surface area contributed by atoms with Crippen LogP contribution < -0.4 is 0 Å². The molecule has 0 bridgehead atoms. The second-order valence-corrected chi connectivity index (χ2v) is 4.38. The van der Waals surface area contributed by atoms with Crippen molar-refractivity contribution in [3.05, 3.63) is 0 Å². The molecule has 0 aromatic heterocycles. The Balaban J connectivity index is 0.000000168. The van der Waals surface area contributed by atoms with E-state index in [-0.39, 0.29) is 12.2 Å². The Bertz CT molecular complexity index is 157. The number of rotatable bonds is 6. The monoisotopic (exact) mass is 234 g/mol. The van der Waals surface area contributed by atoms with Gasteiger partial charge in [0.05, 0.1) is 38.6 Å². The van der Waals surface area contributed by atoms with Gasteiger partial charge in [-0.25, -0.2) is 0 Å². The lowest BCUT2D eigenvalue weighted by Crippen LogP contribution is -2.10. The molecule has 96 valence electrons. The zero-order chi connectivity index (χ0) is 12.0. The molecule has 0 amide bonds. The maximum atomic E-state index is 8.56. The van der Waals surface area contributed by atoms with E-state index in [1.54, 1.807) is 13.8 Å². The zero-order valence-electron chi connectivity index (χ0n) is 9.96. The normalized spacial score (nSPS) is 30.0. The van der Waals surface area contributed by atoms with Crippen molar-refractivity contribution in [2.75, 3.05) is 26.4 Å². The van der Waals surface area contributed by atoms with E-state index in [9.17, 15) is 0 Å². The molecule has 0 aliphatic carbocycles. The highest BCUT2D eigenvalue weighted by molar-refractivity contribution is 4.71. The van der Waals surface area contributed by atoms with Gasteiger partial charge in [0.15, 0.2) is 0 Å². The molecule has 0 aromatic rings. The van der Waals surface area contributed by atoms with E-state index in [1.165, 1.54) is 0 Å². The van der Waals surface area contributed by atoms with Crippen molar-refractivity contribution in [1.82, 2.24) is 0 Å². The fraction of sp³-hybridized carbons (Fsp3) is 1.00. The van der Waals surface area contributed by atoms with Gasteiger partial charge in [0.2, 0.25) is 0 Å². The topological polar surface area (TPSA) is 74.8 Å². The van der Waals surface area contributed by atoms with Gasteiger partial charge in [0.25, 0.3) is 0 Å². The summed E-state index contributed by atoms with van der Waals surface area (Å²) in [6, 6.07) is 0. The third kappa shape index (κ3) is 9.06. The third-order valence-electron chi connectivity index (χ3n) is 2.09. The molecule has 0 saturated carbocycles. The number of aliphatic hydroxyl groups excluding tert-OH is 2. The van der Waals surface area contributed by atoms with Crippen molar-refractivity contribution in [2.45, 2.75) is 44.7 Å². The SMILES string of the molecule is C(OCC1CO1)C1CO1.CC(O)CC(C)O. The minimum Gasteiger partial charge on any atom is -0.393 e. The molecule has 5 heteroatoms. The molecule has 0 aromatic carbocycles. The smallest absolute Gasteiger partial charge is 0.104 e. The van der Waals surface area contributed by atoms with Gasteiger partial charge in [-0.2, -0.15) is 0 Å². The van der Waals surface area contributed by atoms with Crippen molar-refractivity contribution >= 4 is 0 Å². The largest absolute Gasteiger partial charge is 0.393 e. The molecule has 2 rings (SSSR count). The summed E-state index contributed by atoms with van der Waals surface area (Å²) >= 11 is 0. The Morgan fingerprint density at radius 2 is 1.44 bits per heavy atom. The first-order valence-electron chi connectivity index (χ1n) is 5.75. The van der Waals surface area contributed by atoms with Crippen LogP contribution in [0.3, 0.4) is 0 Å². The first-order valence-corrected chi connectivity index (χ1v) is 5.75. The quantitative estimate of drug-likeness (QED) is 0.630. The van der Waals surface area contributed by atoms with Gasteiger partial charge in [-0.15, -0.1) is 0 Å². The van der Waals surface area contributed by atoms with E-state index in [2.05, 4.69) is 0 Å². The summed E-state index contributed by atoms with van der Waals surface area (Å²) in [6.45, 7) is 6.58. The Morgan fingerprint density at radius 1 is 1.06 bits per heavy atom. The van der Waals surface area contributed by atoms with E-state index >= 15 is 0 Å².